The summed E-state index contributed by atoms with van der Waals surface area (Å²) in [4.78, 5) is 9.45. The maximum Gasteiger partial charge on any atom is 0.128 e. The predicted octanol–water partition coefficient (Wildman–Crippen LogP) is 1.98. The van der Waals surface area contributed by atoms with Gasteiger partial charge in [-0.3, -0.25) is 4.90 Å². The predicted molar refractivity (Wildman–Crippen MR) is 85.3 cm³/mol. The molecular weight excluding hydrogens is 248 g/mol. The molecule has 1 N–H and O–H groups in total. The first-order valence-electron chi connectivity index (χ1n) is 7.92. The maximum absolute atomic E-state index is 4.44. The van der Waals surface area contributed by atoms with Crippen LogP contribution in [0.5, 0.6) is 0 Å². The van der Waals surface area contributed by atoms with Gasteiger partial charge < -0.3 is 10.2 Å². The molecule has 2 rings (SSSR count). The number of hydrogen-bond donors (Lipinski definition) is 1. The molecular formula is C16H28N4. The van der Waals surface area contributed by atoms with Crippen molar-refractivity contribution in [3.8, 4) is 0 Å². The second-order valence-electron chi connectivity index (χ2n) is 5.56. The van der Waals surface area contributed by atoms with Crippen LogP contribution in [0.3, 0.4) is 0 Å². The van der Waals surface area contributed by atoms with E-state index in [9.17, 15) is 0 Å². The minimum Gasteiger partial charge on any atom is -0.354 e. The van der Waals surface area contributed by atoms with Crippen LogP contribution in [-0.2, 0) is 0 Å². The second kappa shape index (κ2) is 8.22. The molecule has 20 heavy (non-hydrogen) atoms. The van der Waals surface area contributed by atoms with Gasteiger partial charge in [-0.15, -0.1) is 0 Å². The molecule has 4 heteroatoms. The summed E-state index contributed by atoms with van der Waals surface area (Å²) in [5.41, 5.74) is 0. The third-order valence-corrected chi connectivity index (χ3v) is 4.14. The van der Waals surface area contributed by atoms with Gasteiger partial charge in [-0.25, -0.2) is 4.98 Å². The minimum absolute atomic E-state index is 0.694. The molecule has 0 aliphatic carbocycles. The highest BCUT2D eigenvalue weighted by Crippen LogP contribution is 2.15. The number of hydrogen-bond acceptors (Lipinski definition) is 4. The second-order valence-corrected chi connectivity index (χ2v) is 5.56. The van der Waals surface area contributed by atoms with Crippen molar-refractivity contribution in [2.75, 3.05) is 44.2 Å². The summed E-state index contributed by atoms with van der Waals surface area (Å²) in [7, 11) is 0. The van der Waals surface area contributed by atoms with Crippen molar-refractivity contribution < 1.29 is 0 Å². The van der Waals surface area contributed by atoms with E-state index in [0.717, 1.165) is 45.1 Å². The molecule has 0 saturated carbocycles. The molecule has 0 bridgehead atoms. The van der Waals surface area contributed by atoms with Crippen molar-refractivity contribution in [1.29, 1.82) is 0 Å². The largest absolute Gasteiger partial charge is 0.354 e. The van der Waals surface area contributed by atoms with Gasteiger partial charge in [-0.05, 0) is 45.0 Å². The van der Waals surface area contributed by atoms with Crippen molar-refractivity contribution in [1.82, 2.24) is 15.2 Å². The van der Waals surface area contributed by atoms with E-state index < -0.39 is 0 Å². The lowest BCUT2D eigenvalue weighted by molar-refractivity contribution is 0.186. The molecule has 0 aromatic carbocycles. The minimum atomic E-state index is 0.694. The van der Waals surface area contributed by atoms with Gasteiger partial charge in [-0.2, -0.15) is 0 Å². The average Bonchev–Trinajstić information content (AvgIpc) is 2.52. The van der Waals surface area contributed by atoms with Gasteiger partial charge in [0, 0.05) is 38.4 Å². The van der Waals surface area contributed by atoms with Crippen LogP contribution in [0.4, 0.5) is 5.82 Å². The Morgan fingerprint density at radius 2 is 2.05 bits per heavy atom. The smallest absolute Gasteiger partial charge is 0.128 e. The van der Waals surface area contributed by atoms with Crippen LogP contribution >= 0.6 is 0 Å². The highest BCUT2D eigenvalue weighted by atomic mass is 15.3. The monoisotopic (exact) mass is 276 g/mol. The fourth-order valence-corrected chi connectivity index (χ4v) is 2.81. The summed E-state index contributed by atoms with van der Waals surface area (Å²) < 4.78 is 0. The topological polar surface area (TPSA) is 31.4 Å². The van der Waals surface area contributed by atoms with Gasteiger partial charge in [0.1, 0.15) is 5.82 Å². The standard InChI is InChI=1S/C16H28N4/c1-3-17-9-6-7-15(2)19-11-13-20(14-12-19)16-8-4-5-10-18-16/h4-5,8,10,15,17H,3,6-7,9,11-14H2,1-2H3. The van der Waals surface area contributed by atoms with E-state index in [2.05, 4.69) is 46.1 Å². The molecule has 0 amide bonds. The van der Waals surface area contributed by atoms with Crippen LogP contribution in [0.15, 0.2) is 24.4 Å². The molecule has 2 heterocycles. The quantitative estimate of drug-likeness (QED) is 0.772. The molecule has 1 atom stereocenters. The molecule has 1 aliphatic heterocycles. The molecule has 1 unspecified atom stereocenters. The van der Waals surface area contributed by atoms with Crippen molar-refractivity contribution in [2.45, 2.75) is 32.7 Å². The first-order chi connectivity index (χ1) is 9.81. The molecule has 4 nitrogen and oxygen atoms in total. The Kier molecular flexibility index (Phi) is 6.27. The molecule has 1 fully saturated rings. The van der Waals surface area contributed by atoms with Crippen LogP contribution in [0.2, 0.25) is 0 Å². The summed E-state index contributed by atoms with van der Waals surface area (Å²) in [5, 5.41) is 3.40. The van der Waals surface area contributed by atoms with Gasteiger partial charge in [0.25, 0.3) is 0 Å². The van der Waals surface area contributed by atoms with Crippen molar-refractivity contribution in [2.24, 2.45) is 0 Å². The number of pyridine rings is 1. The van der Waals surface area contributed by atoms with E-state index in [0.29, 0.717) is 6.04 Å². The summed E-state index contributed by atoms with van der Waals surface area (Å²) in [5.74, 6) is 1.12. The highest BCUT2D eigenvalue weighted by Gasteiger charge is 2.21. The van der Waals surface area contributed by atoms with Gasteiger partial charge in [-0.1, -0.05) is 13.0 Å². The van der Waals surface area contributed by atoms with Crippen LogP contribution < -0.4 is 10.2 Å². The maximum atomic E-state index is 4.44. The van der Waals surface area contributed by atoms with E-state index in [1.54, 1.807) is 0 Å². The third-order valence-electron chi connectivity index (χ3n) is 4.14. The number of anilines is 1. The molecule has 1 aromatic rings. The van der Waals surface area contributed by atoms with Crippen molar-refractivity contribution in [3.05, 3.63) is 24.4 Å². The molecule has 1 aromatic heterocycles. The Bertz CT molecular complexity index is 360. The lowest BCUT2D eigenvalue weighted by Crippen LogP contribution is -2.49. The van der Waals surface area contributed by atoms with Crippen LogP contribution in [0.25, 0.3) is 0 Å². The number of rotatable bonds is 7. The van der Waals surface area contributed by atoms with Gasteiger partial charge in [0.05, 0.1) is 0 Å². The van der Waals surface area contributed by atoms with Crippen LogP contribution in [-0.4, -0.2) is 55.2 Å². The van der Waals surface area contributed by atoms with Crippen LogP contribution in [0, 0.1) is 0 Å². The van der Waals surface area contributed by atoms with Crippen molar-refractivity contribution in [3.63, 3.8) is 0 Å². The summed E-state index contributed by atoms with van der Waals surface area (Å²) in [6, 6.07) is 6.85. The van der Waals surface area contributed by atoms with Gasteiger partial charge in [0.2, 0.25) is 0 Å². The summed E-state index contributed by atoms with van der Waals surface area (Å²) >= 11 is 0. The first-order valence-corrected chi connectivity index (χ1v) is 7.92. The Morgan fingerprint density at radius 1 is 1.25 bits per heavy atom. The summed E-state index contributed by atoms with van der Waals surface area (Å²) in [6.45, 7) is 11.2. The van der Waals surface area contributed by atoms with E-state index in [1.807, 2.05) is 12.3 Å². The Morgan fingerprint density at radius 3 is 2.70 bits per heavy atom. The fourth-order valence-electron chi connectivity index (χ4n) is 2.81. The van der Waals surface area contributed by atoms with E-state index in [1.165, 1.54) is 12.8 Å². The van der Waals surface area contributed by atoms with Gasteiger partial charge in [0.15, 0.2) is 0 Å². The van der Waals surface area contributed by atoms with Crippen LogP contribution in [0.1, 0.15) is 26.7 Å². The number of piperazine rings is 1. The van der Waals surface area contributed by atoms with E-state index in [-0.39, 0.29) is 0 Å². The Labute approximate surface area is 123 Å². The zero-order chi connectivity index (χ0) is 14.2. The summed E-state index contributed by atoms with van der Waals surface area (Å²) in [6.07, 6.45) is 4.44. The van der Waals surface area contributed by atoms with E-state index >= 15 is 0 Å². The molecule has 112 valence electrons. The normalized spacial score (nSPS) is 18.2. The lowest BCUT2D eigenvalue weighted by Gasteiger charge is -2.38. The third kappa shape index (κ3) is 4.46. The number of nitrogens with zero attached hydrogens (tertiary/aromatic N) is 3. The van der Waals surface area contributed by atoms with Crippen molar-refractivity contribution >= 4 is 5.82 Å². The molecule has 0 spiro atoms. The SMILES string of the molecule is CCNCCCC(C)N1CCN(c2ccccn2)CC1. The molecule has 0 radical (unpaired) electrons. The van der Waals surface area contributed by atoms with E-state index in [4.69, 9.17) is 0 Å². The number of aromatic nitrogens is 1. The first kappa shape index (κ1) is 15.3. The Balaban J connectivity index is 1.71. The molecule has 1 saturated heterocycles. The number of nitrogens with one attached hydrogen (secondary N) is 1. The average molecular weight is 276 g/mol. The Hall–Kier alpha value is -1.13. The highest BCUT2D eigenvalue weighted by molar-refractivity contribution is 5.38. The zero-order valence-corrected chi connectivity index (χ0v) is 12.9. The van der Waals surface area contributed by atoms with Gasteiger partial charge >= 0.3 is 0 Å². The molecule has 1 aliphatic rings. The lowest BCUT2D eigenvalue weighted by atomic mass is 10.1. The zero-order valence-electron chi connectivity index (χ0n) is 12.9. The fraction of sp³-hybridized carbons (Fsp3) is 0.688.